The summed E-state index contributed by atoms with van der Waals surface area (Å²) >= 11 is 0. The first-order chi connectivity index (χ1) is 8.79. The molecule has 100 valence electrons. The number of nitrogen functional groups attached to an aromatic ring is 1. The molecule has 2 rings (SSSR count). The van der Waals surface area contributed by atoms with Gasteiger partial charge in [0.1, 0.15) is 11.6 Å². The average Bonchev–Trinajstić information content (AvgIpc) is 2.29. The zero-order valence-electron chi connectivity index (χ0n) is 9.86. The minimum absolute atomic E-state index is 0.188. The monoisotopic (exact) mass is 269 g/mol. The number of phenols is 1. The summed E-state index contributed by atoms with van der Waals surface area (Å²) in [5.74, 6) is -0.306. The van der Waals surface area contributed by atoms with Crippen molar-refractivity contribution < 1.29 is 18.3 Å². The summed E-state index contributed by atoms with van der Waals surface area (Å²) in [6.07, 6.45) is -4.51. The van der Waals surface area contributed by atoms with E-state index in [1.54, 1.807) is 0 Å². The van der Waals surface area contributed by atoms with E-state index >= 15 is 0 Å². The van der Waals surface area contributed by atoms with Crippen molar-refractivity contribution in [2.24, 2.45) is 0 Å². The van der Waals surface area contributed by atoms with Gasteiger partial charge in [0.2, 0.25) is 0 Å². The van der Waals surface area contributed by atoms with E-state index in [9.17, 15) is 18.3 Å². The van der Waals surface area contributed by atoms with Crippen LogP contribution in [0.15, 0.2) is 24.3 Å². The van der Waals surface area contributed by atoms with Crippen molar-refractivity contribution in [1.29, 1.82) is 0 Å². The highest BCUT2D eigenvalue weighted by Gasteiger charge is 2.32. The van der Waals surface area contributed by atoms with Crippen molar-refractivity contribution in [1.82, 2.24) is 10.2 Å². The second-order valence-corrected chi connectivity index (χ2v) is 4.03. The lowest BCUT2D eigenvalue weighted by Crippen LogP contribution is -2.06. The molecule has 1 heterocycles. The minimum Gasteiger partial charge on any atom is -0.507 e. The minimum atomic E-state index is -4.51. The lowest BCUT2D eigenvalue weighted by molar-refractivity contribution is -0.137. The fourth-order valence-corrected chi connectivity index (χ4v) is 1.74. The molecular weight excluding hydrogens is 259 g/mol. The zero-order valence-corrected chi connectivity index (χ0v) is 9.86. The van der Waals surface area contributed by atoms with E-state index in [2.05, 4.69) is 10.2 Å². The quantitative estimate of drug-likeness (QED) is 0.835. The van der Waals surface area contributed by atoms with Gasteiger partial charge in [0.15, 0.2) is 0 Å². The second kappa shape index (κ2) is 4.42. The van der Waals surface area contributed by atoms with Gasteiger partial charge >= 0.3 is 6.18 Å². The molecule has 0 bridgehead atoms. The molecule has 19 heavy (non-hydrogen) atoms. The first kappa shape index (κ1) is 13.1. The van der Waals surface area contributed by atoms with E-state index in [4.69, 9.17) is 5.73 Å². The number of phenolic OH excluding ortho intramolecular Hbond substituents is 1. The number of benzene rings is 1. The molecule has 0 aliphatic heterocycles. The number of alkyl halides is 3. The fourth-order valence-electron chi connectivity index (χ4n) is 1.74. The summed E-state index contributed by atoms with van der Waals surface area (Å²) in [6, 6.07) is 4.56. The van der Waals surface area contributed by atoms with Crippen LogP contribution in [0.3, 0.4) is 0 Å². The maximum Gasteiger partial charge on any atom is 0.416 e. The Hall–Kier alpha value is -2.31. The maximum atomic E-state index is 12.6. The van der Waals surface area contributed by atoms with E-state index < -0.39 is 17.5 Å². The van der Waals surface area contributed by atoms with Crippen LogP contribution in [0.4, 0.5) is 19.0 Å². The highest BCUT2D eigenvalue weighted by atomic mass is 19.4. The predicted octanol–water partition coefficient (Wildman–Crippen LogP) is 2.76. The zero-order chi connectivity index (χ0) is 14.2. The van der Waals surface area contributed by atoms with Crippen LogP contribution in [0.5, 0.6) is 5.75 Å². The third-order valence-corrected chi connectivity index (χ3v) is 2.58. The Balaban J connectivity index is 2.57. The maximum absolute atomic E-state index is 12.6. The van der Waals surface area contributed by atoms with E-state index in [1.807, 2.05) is 0 Å². The largest absolute Gasteiger partial charge is 0.507 e. The Morgan fingerprint density at radius 2 is 1.84 bits per heavy atom. The van der Waals surface area contributed by atoms with Gasteiger partial charge in [-0.25, -0.2) is 0 Å². The molecule has 2 aromatic rings. The van der Waals surface area contributed by atoms with Crippen molar-refractivity contribution in [3.05, 3.63) is 35.4 Å². The summed E-state index contributed by atoms with van der Waals surface area (Å²) in [4.78, 5) is 0. The van der Waals surface area contributed by atoms with Gasteiger partial charge in [-0.3, -0.25) is 0 Å². The second-order valence-electron chi connectivity index (χ2n) is 4.03. The third kappa shape index (κ3) is 2.59. The summed E-state index contributed by atoms with van der Waals surface area (Å²) < 4.78 is 37.7. The number of halogens is 3. The van der Waals surface area contributed by atoms with E-state index in [-0.39, 0.29) is 22.6 Å². The molecular formula is C12H10F3N3O. The van der Waals surface area contributed by atoms with Crippen LogP contribution in [0.2, 0.25) is 0 Å². The number of nitrogens with zero attached hydrogens (tertiary/aromatic N) is 2. The highest BCUT2D eigenvalue weighted by Crippen LogP contribution is 2.38. The molecule has 1 aromatic heterocycles. The van der Waals surface area contributed by atoms with Gasteiger partial charge in [-0.05, 0) is 36.8 Å². The van der Waals surface area contributed by atoms with Gasteiger partial charge in [-0.15, -0.1) is 10.2 Å². The van der Waals surface area contributed by atoms with Crippen LogP contribution in [-0.2, 0) is 6.18 Å². The van der Waals surface area contributed by atoms with Crippen LogP contribution < -0.4 is 5.73 Å². The van der Waals surface area contributed by atoms with Gasteiger partial charge in [0.25, 0.3) is 0 Å². The summed E-state index contributed by atoms with van der Waals surface area (Å²) in [6.45, 7) is 1.46. The van der Waals surface area contributed by atoms with Gasteiger partial charge in [-0.2, -0.15) is 13.2 Å². The van der Waals surface area contributed by atoms with Crippen LogP contribution >= 0.6 is 0 Å². The molecule has 7 heteroatoms. The van der Waals surface area contributed by atoms with Gasteiger partial charge in [-0.1, -0.05) is 0 Å². The smallest absolute Gasteiger partial charge is 0.416 e. The molecule has 0 spiro atoms. The van der Waals surface area contributed by atoms with Crippen molar-refractivity contribution >= 4 is 5.82 Å². The Morgan fingerprint density at radius 3 is 2.32 bits per heavy atom. The molecule has 0 saturated heterocycles. The number of hydrogen-bond donors (Lipinski definition) is 2. The van der Waals surface area contributed by atoms with Crippen LogP contribution in [0, 0.1) is 6.92 Å². The number of nitrogens with two attached hydrogens (primary N) is 1. The third-order valence-electron chi connectivity index (χ3n) is 2.58. The van der Waals surface area contributed by atoms with Crippen molar-refractivity contribution in [3.8, 4) is 17.0 Å². The Kier molecular flexibility index (Phi) is 3.05. The number of anilines is 1. The fraction of sp³-hybridized carbons (Fsp3) is 0.167. The van der Waals surface area contributed by atoms with E-state index in [0.717, 1.165) is 6.07 Å². The van der Waals surface area contributed by atoms with Crippen LogP contribution in [0.1, 0.15) is 11.1 Å². The number of aryl methyl sites for hydroxylation is 1. The Labute approximate surface area is 106 Å². The molecule has 0 atom stereocenters. The molecule has 0 aliphatic carbocycles. The Bertz CT molecular complexity index is 586. The van der Waals surface area contributed by atoms with Gasteiger partial charge in [0.05, 0.1) is 11.3 Å². The van der Waals surface area contributed by atoms with Crippen molar-refractivity contribution in [2.45, 2.75) is 13.1 Å². The summed E-state index contributed by atoms with van der Waals surface area (Å²) in [7, 11) is 0. The lowest BCUT2D eigenvalue weighted by Gasteiger charge is -2.12. The molecule has 1 aromatic carbocycles. The molecule has 0 amide bonds. The van der Waals surface area contributed by atoms with Gasteiger partial charge in [0, 0.05) is 5.56 Å². The van der Waals surface area contributed by atoms with E-state index in [1.165, 1.54) is 19.1 Å². The summed E-state index contributed by atoms with van der Waals surface area (Å²) in [5, 5.41) is 17.1. The Morgan fingerprint density at radius 1 is 1.16 bits per heavy atom. The molecule has 0 radical (unpaired) electrons. The first-order valence-electron chi connectivity index (χ1n) is 5.29. The topological polar surface area (TPSA) is 72.0 Å². The number of hydrogen-bond acceptors (Lipinski definition) is 4. The molecule has 0 aliphatic rings. The lowest BCUT2D eigenvalue weighted by atomic mass is 10.0. The standard InChI is InChI=1S/C12H10F3N3O/c1-6-4-7(12(13,14)15)5-9(19)11(6)8-2-3-10(16)18-17-8/h2-5,19H,1H3,(H2,16,18). The molecule has 3 N–H and O–H groups in total. The summed E-state index contributed by atoms with van der Waals surface area (Å²) in [5.41, 5.74) is 5.20. The number of aromatic hydroxyl groups is 1. The van der Waals surface area contributed by atoms with Crippen LogP contribution in [0.25, 0.3) is 11.3 Å². The number of rotatable bonds is 1. The highest BCUT2D eigenvalue weighted by molar-refractivity contribution is 5.71. The van der Waals surface area contributed by atoms with Crippen molar-refractivity contribution in [3.63, 3.8) is 0 Å². The SMILES string of the molecule is Cc1cc(C(F)(F)F)cc(O)c1-c1ccc(N)nn1. The molecule has 0 saturated carbocycles. The number of aromatic nitrogens is 2. The normalized spacial score (nSPS) is 11.6. The first-order valence-corrected chi connectivity index (χ1v) is 5.29. The molecule has 4 nitrogen and oxygen atoms in total. The van der Waals surface area contributed by atoms with E-state index in [0.29, 0.717) is 6.07 Å². The molecule has 0 unspecified atom stereocenters. The van der Waals surface area contributed by atoms with Crippen molar-refractivity contribution in [2.75, 3.05) is 5.73 Å². The van der Waals surface area contributed by atoms with Gasteiger partial charge < -0.3 is 10.8 Å². The predicted molar refractivity (Wildman–Crippen MR) is 63.3 cm³/mol. The average molecular weight is 269 g/mol. The van der Waals surface area contributed by atoms with Crippen LogP contribution in [-0.4, -0.2) is 15.3 Å². The molecule has 0 fully saturated rings.